The molecule has 1 N–H and O–H groups in total. The lowest BCUT2D eigenvalue weighted by atomic mass is 9.88. The van der Waals surface area contributed by atoms with Gasteiger partial charge in [-0.1, -0.05) is 45.2 Å². The number of para-hydroxylation sites is 2. The van der Waals surface area contributed by atoms with Gasteiger partial charge in [0, 0.05) is 32.1 Å². The number of piperazine rings is 1. The van der Waals surface area contributed by atoms with Crippen LogP contribution in [0.2, 0.25) is 0 Å². The molecule has 1 aliphatic carbocycles. The highest BCUT2D eigenvalue weighted by molar-refractivity contribution is 5.89. The number of carbonyl (C=O) groups excluding carboxylic acids is 2. The first-order chi connectivity index (χ1) is 14.5. The maximum Gasteiger partial charge on any atom is 0.245 e. The summed E-state index contributed by atoms with van der Waals surface area (Å²) in [4.78, 5) is 30.2. The summed E-state index contributed by atoms with van der Waals surface area (Å²) in [7, 11) is 0. The van der Waals surface area contributed by atoms with Crippen LogP contribution in [0.3, 0.4) is 0 Å². The lowest BCUT2D eigenvalue weighted by Crippen LogP contribution is -2.57. The molecule has 2 fully saturated rings. The predicted octanol–water partition coefficient (Wildman–Crippen LogP) is 3.46. The summed E-state index contributed by atoms with van der Waals surface area (Å²) < 4.78 is 5.77. The van der Waals surface area contributed by atoms with Gasteiger partial charge in [0.25, 0.3) is 0 Å². The number of anilines is 1. The molecule has 1 atom stereocenters. The van der Waals surface area contributed by atoms with Crippen molar-refractivity contribution in [1.29, 1.82) is 0 Å². The van der Waals surface area contributed by atoms with Gasteiger partial charge in [0.05, 0.1) is 12.3 Å². The van der Waals surface area contributed by atoms with Crippen molar-refractivity contribution in [3.8, 4) is 5.75 Å². The lowest BCUT2D eigenvalue weighted by molar-refractivity contribution is -0.139. The van der Waals surface area contributed by atoms with E-state index in [2.05, 4.69) is 16.3 Å². The normalized spacial score (nSPS) is 18.9. The van der Waals surface area contributed by atoms with Crippen molar-refractivity contribution < 1.29 is 14.3 Å². The number of carbonyl (C=O) groups is 2. The molecule has 1 aromatic carbocycles. The smallest absolute Gasteiger partial charge is 0.245 e. The fraction of sp³-hybridized carbons (Fsp3) is 0.667. The molecular weight excluding hydrogens is 378 g/mol. The van der Waals surface area contributed by atoms with Crippen molar-refractivity contribution in [2.24, 2.45) is 11.8 Å². The zero-order chi connectivity index (χ0) is 21.5. The van der Waals surface area contributed by atoms with Gasteiger partial charge in [-0.25, -0.2) is 0 Å². The van der Waals surface area contributed by atoms with E-state index in [0.717, 1.165) is 50.2 Å². The molecule has 0 aromatic heterocycles. The number of benzene rings is 1. The highest BCUT2D eigenvalue weighted by Crippen LogP contribution is 2.29. The Labute approximate surface area is 180 Å². The number of amides is 2. The van der Waals surface area contributed by atoms with E-state index in [1.54, 1.807) is 0 Å². The third-order valence-electron chi connectivity index (χ3n) is 6.30. The van der Waals surface area contributed by atoms with Gasteiger partial charge in [-0.2, -0.15) is 0 Å². The fourth-order valence-corrected chi connectivity index (χ4v) is 4.51. The highest BCUT2D eigenvalue weighted by Gasteiger charge is 2.33. The quantitative estimate of drug-likeness (QED) is 0.741. The Balaban J connectivity index is 1.59. The number of nitrogens with zero attached hydrogens (tertiary/aromatic N) is 2. The van der Waals surface area contributed by atoms with Crippen molar-refractivity contribution in [2.75, 3.05) is 37.7 Å². The summed E-state index contributed by atoms with van der Waals surface area (Å²) >= 11 is 0. The zero-order valence-electron chi connectivity index (χ0n) is 18.7. The second-order valence-corrected chi connectivity index (χ2v) is 8.78. The molecule has 0 unspecified atom stereocenters. The largest absolute Gasteiger partial charge is 0.492 e. The Morgan fingerprint density at radius 1 is 1.07 bits per heavy atom. The number of rotatable bonds is 7. The Morgan fingerprint density at radius 2 is 1.73 bits per heavy atom. The SMILES string of the molecule is CCOc1ccccc1N1CCN(C(=O)[C@@H](NC(=O)C2CCCCC2)C(C)C)CC1. The van der Waals surface area contributed by atoms with Crippen LogP contribution in [0.25, 0.3) is 0 Å². The van der Waals surface area contributed by atoms with E-state index in [-0.39, 0.29) is 23.7 Å². The van der Waals surface area contributed by atoms with Gasteiger partial charge in [-0.3, -0.25) is 9.59 Å². The van der Waals surface area contributed by atoms with Crippen LogP contribution >= 0.6 is 0 Å². The first-order valence-corrected chi connectivity index (χ1v) is 11.6. The minimum atomic E-state index is -0.443. The van der Waals surface area contributed by atoms with Gasteiger partial charge in [0.2, 0.25) is 11.8 Å². The lowest BCUT2D eigenvalue weighted by Gasteiger charge is -2.39. The van der Waals surface area contributed by atoms with E-state index in [1.165, 1.54) is 6.42 Å². The monoisotopic (exact) mass is 415 g/mol. The van der Waals surface area contributed by atoms with E-state index in [1.807, 2.05) is 43.9 Å². The average Bonchev–Trinajstić information content (AvgIpc) is 2.78. The summed E-state index contributed by atoms with van der Waals surface area (Å²) in [6, 6.07) is 7.62. The van der Waals surface area contributed by atoms with Crippen molar-refractivity contribution in [3.63, 3.8) is 0 Å². The van der Waals surface area contributed by atoms with E-state index >= 15 is 0 Å². The van der Waals surface area contributed by atoms with E-state index < -0.39 is 6.04 Å². The standard InChI is InChI=1S/C24H37N3O3/c1-4-30-21-13-9-8-12-20(21)26-14-16-27(17-15-26)24(29)22(18(2)3)25-23(28)19-10-6-5-7-11-19/h8-9,12-13,18-19,22H,4-7,10-11,14-17H2,1-3H3,(H,25,28)/t22-/m0/s1. The third kappa shape index (κ3) is 5.46. The summed E-state index contributed by atoms with van der Waals surface area (Å²) in [6.07, 6.45) is 5.34. The number of hydrogen-bond acceptors (Lipinski definition) is 4. The molecule has 1 aromatic rings. The average molecular weight is 416 g/mol. The van der Waals surface area contributed by atoms with Crippen LogP contribution in [-0.2, 0) is 9.59 Å². The zero-order valence-corrected chi connectivity index (χ0v) is 18.7. The van der Waals surface area contributed by atoms with Crippen molar-refractivity contribution >= 4 is 17.5 Å². The van der Waals surface area contributed by atoms with Crippen LogP contribution in [-0.4, -0.2) is 55.5 Å². The minimum Gasteiger partial charge on any atom is -0.492 e. The molecule has 0 bridgehead atoms. The Kier molecular flexibility index (Phi) is 8.00. The first kappa shape index (κ1) is 22.4. The van der Waals surface area contributed by atoms with Crippen LogP contribution in [0, 0.1) is 11.8 Å². The van der Waals surface area contributed by atoms with Gasteiger partial charge < -0.3 is 19.9 Å². The maximum atomic E-state index is 13.2. The topological polar surface area (TPSA) is 61.9 Å². The van der Waals surface area contributed by atoms with Crippen LogP contribution in [0.1, 0.15) is 52.9 Å². The summed E-state index contributed by atoms with van der Waals surface area (Å²) in [5.74, 6) is 1.14. The van der Waals surface area contributed by atoms with Gasteiger partial charge in [0.1, 0.15) is 11.8 Å². The van der Waals surface area contributed by atoms with Gasteiger partial charge in [0.15, 0.2) is 0 Å². The second-order valence-electron chi connectivity index (χ2n) is 8.78. The molecule has 6 nitrogen and oxygen atoms in total. The Hall–Kier alpha value is -2.24. The molecule has 1 aliphatic heterocycles. The molecule has 30 heavy (non-hydrogen) atoms. The van der Waals surface area contributed by atoms with E-state index in [4.69, 9.17) is 4.74 Å². The molecule has 1 saturated carbocycles. The first-order valence-electron chi connectivity index (χ1n) is 11.6. The fourth-order valence-electron chi connectivity index (χ4n) is 4.51. The van der Waals surface area contributed by atoms with Crippen molar-refractivity contribution in [1.82, 2.24) is 10.2 Å². The summed E-state index contributed by atoms with van der Waals surface area (Å²) in [5.41, 5.74) is 1.08. The van der Waals surface area contributed by atoms with Gasteiger partial charge in [-0.15, -0.1) is 0 Å². The molecule has 166 valence electrons. The van der Waals surface area contributed by atoms with Crippen molar-refractivity contribution in [2.45, 2.75) is 58.9 Å². The molecule has 6 heteroatoms. The number of hydrogen-bond donors (Lipinski definition) is 1. The molecule has 3 rings (SSSR count). The maximum absolute atomic E-state index is 13.2. The van der Waals surface area contributed by atoms with Crippen LogP contribution in [0.5, 0.6) is 5.75 Å². The molecule has 1 heterocycles. The van der Waals surface area contributed by atoms with Gasteiger partial charge >= 0.3 is 0 Å². The van der Waals surface area contributed by atoms with Gasteiger partial charge in [-0.05, 0) is 37.8 Å². The van der Waals surface area contributed by atoms with Crippen molar-refractivity contribution in [3.05, 3.63) is 24.3 Å². The number of ether oxygens (including phenoxy) is 1. The summed E-state index contributed by atoms with van der Waals surface area (Å²) in [6.45, 7) is 9.47. The third-order valence-corrected chi connectivity index (χ3v) is 6.30. The minimum absolute atomic E-state index is 0.0481. The Morgan fingerprint density at radius 3 is 2.37 bits per heavy atom. The van der Waals surface area contributed by atoms with Crippen LogP contribution in [0.15, 0.2) is 24.3 Å². The second kappa shape index (κ2) is 10.7. The molecule has 0 spiro atoms. The van der Waals surface area contributed by atoms with E-state index in [9.17, 15) is 9.59 Å². The van der Waals surface area contributed by atoms with Crippen LogP contribution < -0.4 is 15.0 Å². The number of nitrogens with one attached hydrogen (secondary N) is 1. The van der Waals surface area contributed by atoms with Crippen LogP contribution in [0.4, 0.5) is 5.69 Å². The van der Waals surface area contributed by atoms with E-state index in [0.29, 0.717) is 19.7 Å². The summed E-state index contributed by atoms with van der Waals surface area (Å²) in [5, 5.41) is 3.09. The molecule has 1 saturated heterocycles. The molecule has 2 aliphatic rings. The molecular formula is C24H37N3O3. The molecule has 0 radical (unpaired) electrons. The predicted molar refractivity (Wildman–Crippen MR) is 120 cm³/mol. The Bertz CT molecular complexity index is 707. The highest BCUT2D eigenvalue weighted by atomic mass is 16.5. The molecule has 2 amide bonds.